The maximum Gasteiger partial charge on any atom is 0.314 e. The fraction of sp³-hybridized carbons (Fsp3) is 0.344. The summed E-state index contributed by atoms with van der Waals surface area (Å²) in [5.74, 6) is -2.56. The molecule has 0 aliphatic carbocycles. The Hall–Kier alpha value is -3.93. The third-order valence-corrected chi connectivity index (χ3v) is 6.11. The number of ether oxygens (including phenoxy) is 3. The van der Waals surface area contributed by atoms with Gasteiger partial charge in [-0.2, -0.15) is 0 Å². The molecule has 3 rings (SSSR count). The van der Waals surface area contributed by atoms with Crippen LogP contribution in [-0.4, -0.2) is 24.7 Å². The van der Waals surface area contributed by atoms with Gasteiger partial charge in [0, 0.05) is 0 Å². The molecule has 0 aliphatic rings. The first-order valence-electron chi connectivity index (χ1n) is 12.8. The summed E-state index contributed by atoms with van der Waals surface area (Å²) in [7, 11) is 0. The first-order valence-corrected chi connectivity index (χ1v) is 12.8. The van der Waals surface area contributed by atoms with Crippen molar-refractivity contribution in [2.45, 2.75) is 46.6 Å². The molecule has 0 aromatic heterocycles. The maximum absolute atomic E-state index is 13.3. The summed E-state index contributed by atoms with van der Waals surface area (Å²) in [6.07, 6.45) is 1.03. The number of rotatable bonds is 12. The molecule has 38 heavy (non-hydrogen) atoms. The number of benzene rings is 3. The standard InChI is InChI=1S/C32H36O6/c1-32(2,3)31(35)38-23-37-30(34)28(20-25-15-9-5-10-16-25)21-27(19-24-13-7-4-8-14-24)29(33)36-22-26-17-11-6-12-18-26/h4-18,27-28H,19-23H2,1-3H3/t27-,28?/m0/s1. The van der Waals surface area contributed by atoms with Crippen LogP contribution in [0, 0.1) is 17.3 Å². The van der Waals surface area contributed by atoms with Gasteiger partial charge in [0.2, 0.25) is 6.79 Å². The monoisotopic (exact) mass is 516 g/mol. The molecule has 3 aromatic rings. The average Bonchev–Trinajstić information content (AvgIpc) is 2.92. The van der Waals surface area contributed by atoms with Crippen molar-refractivity contribution < 1.29 is 28.6 Å². The van der Waals surface area contributed by atoms with Gasteiger partial charge in [0.25, 0.3) is 0 Å². The van der Waals surface area contributed by atoms with E-state index in [-0.39, 0.29) is 19.0 Å². The second-order valence-electron chi connectivity index (χ2n) is 10.4. The van der Waals surface area contributed by atoms with E-state index in [0.717, 1.165) is 16.7 Å². The predicted octanol–water partition coefficient (Wildman–Crippen LogP) is 5.93. The van der Waals surface area contributed by atoms with Crippen LogP contribution in [-0.2, 0) is 48.0 Å². The molecule has 0 saturated heterocycles. The summed E-state index contributed by atoms with van der Waals surface area (Å²) < 4.78 is 16.2. The molecule has 0 amide bonds. The predicted molar refractivity (Wildman–Crippen MR) is 145 cm³/mol. The SMILES string of the molecule is CC(C)(C)C(=O)OCOC(=O)C(Cc1ccccc1)C[C@H](Cc1ccccc1)C(=O)OCc1ccccc1. The largest absolute Gasteiger partial charge is 0.461 e. The van der Waals surface area contributed by atoms with Gasteiger partial charge in [-0.05, 0) is 56.7 Å². The summed E-state index contributed by atoms with van der Waals surface area (Å²) in [6.45, 7) is 4.86. The number of hydrogen-bond donors (Lipinski definition) is 0. The minimum Gasteiger partial charge on any atom is -0.461 e. The maximum atomic E-state index is 13.3. The third-order valence-electron chi connectivity index (χ3n) is 6.11. The summed E-state index contributed by atoms with van der Waals surface area (Å²) >= 11 is 0. The van der Waals surface area contributed by atoms with Gasteiger partial charge in [0.15, 0.2) is 0 Å². The van der Waals surface area contributed by atoms with E-state index in [1.54, 1.807) is 20.8 Å². The zero-order chi connectivity index (χ0) is 27.4. The fourth-order valence-electron chi connectivity index (χ4n) is 3.99. The number of carbonyl (C=O) groups excluding carboxylic acids is 3. The summed E-state index contributed by atoms with van der Waals surface area (Å²) in [6, 6.07) is 28.7. The lowest BCUT2D eigenvalue weighted by Crippen LogP contribution is -2.30. The lowest BCUT2D eigenvalue weighted by molar-refractivity contribution is -0.175. The number of hydrogen-bond acceptors (Lipinski definition) is 6. The molecule has 3 aromatic carbocycles. The van der Waals surface area contributed by atoms with E-state index in [1.807, 2.05) is 91.0 Å². The molecule has 0 bridgehead atoms. The third kappa shape index (κ3) is 9.51. The van der Waals surface area contributed by atoms with Crippen molar-refractivity contribution in [3.05, 3.63) is 108 Å². The highest BCUT2D eigenvalue weighted by atomic mass is 16.7. The Morgan fingerprint density at radius 1 is 0.605 bits per heavy atom. The molecule has 200 valence electrons. The summed E-state index contributed by atoms with van der Waals surface area (Å²) in [5.41, 5.74) is 2.09. The van der Waals surface area contributed by atoms with Crippen molar-refractivity contribution in [2.75, 3.05) is 6.79 Å². The van der Waals surface area contributed by atoms with Crippen LogP contribution in [0.15, 0.2) is 91.0 Å². The van der Waals surface area contributed by atoms with E-state index in [0.29, 0.717) is 12.8 Å². The molecule has 0 N–H and O–H groups in total. The molecule has 1 unspecified atom stereocenters. The highest BCUT2D eigenvalue weighted by Gasteiger charge is 2.31. The topological polar surface area (TPSA) is 78.9 Å². The van der Waals surface area contributed by atoms with Crippen molar-refractivity contribution in [2.24, 2.45) is 17.3 Å². The highest BCUT2D eigenvalue weighted by molar-refractivity contribution is 5.77. The van der Waals surface area contributed by atoms with Gasteiger partial charge in [-0.15, -0.1) is 0 Å². The van der Waals surface area contributed by atoms with Gasteiger partial charge in [-0.1, -0.05) is 91.0 Å². The van der Waals surface area contributed by atoms with Crippen molar-refractivity contribution in [3.63, 3.8) is 0 Å². The molecular weight excluding hydrogens is 480 g/mol. The second kappa shape index (κ2) is 14.1. The Kier molecular flexibility index (Phi) is 10.6. The van der Waals surface area contributed by atoms with Crippen molar-refractivity contribution in [3.8, 4) is 0 Å². The molecule has 0 saturated carbocycles. The van der Waals surface area contributed by atoms with Gasteiger partial charge in [-0.3, -0.25) is 14.4 Å². The molecule has 0 fully saturated rings. The van der Waals surface area contributed by atoms with Crippen LogP contribution in [0.4, 0.5) is 0 Å². The van der Waals surface area contributed by atoms with E-state index in [1.165, 1.54) is 0 Å². The van der Waals surface area contributed by atoms with Crippen molar-refractivity contribution in [1.82, 2.24) is 0 Å². The van der Waals surface area contributed by atoms with E-state index in [4.69, 9.17) is 14.2 Å². The second-order valence-corrected chi connectivity index (χ2v) is 10.4. The zero-order valence-corrected chi connectivity index (χ0v) is 22.3. The Balaban J connectivity index is 1.76. The van der Waals surface area contributed by atoms with Crippen LogP contribution in [0.3, 0.4) is 0 Å². The Morgan fingerprint density at radius 3 is 1.47 bits per heavy atom. The normalized spacial score (nSPS) is 12.7. The van der Waals surface area contributed by atoms with Gasteiger partial charge >= 0.3 is 17.9 Å². The molecule has 0 spiro atoms. The highest BCUT2D eigenvalue weighted by Crippen LogP contribution is 2.25. The van der Waals surface area contributed by atoms with Gasteiger partial charge < -0.3 is 14.2 Å². The Bertz CT molecular complexity index is 1150. The van der Waals surface area contributed by atoms with Gasteiger partial charge in [0.1, 0.15) is 6.61 Å². The van der Waals surface area contributed by atoms with Crippen LogP contribution >= 0.6 is 0 Å². The van der Waals surface area contributed by atoms with Gasteiger partial charge in [-0.25, -0.2) is 0 Å². The minimum atomic E-state index is -0.709. The first kappa shape index (κ1) is 28.6. The number of esters is 3. The van der Waals surface area contributed by atoms with Crippen LogP contribution in [0.1, 0.15) is 43.9 Å². The molecule has 0 aliphatic heterocycles. The van der Waals surface area contributed by atoms with Crippen molar-refractivity contribution in [1.29, 1.82) is 0 Å². The van der Waals surface area contributed by atoms with Crippen molar-refractivity contribution >= 4 is 17.9 Å². The average molecular weight is 517 g/mol. The molecule has 6 heteroatoms. The van der Waals surface area contributed by atoms with Crippen LogP contribution < -0.4 is 0 Å². The lowest BCUT2D eigenvalue weighted by atomic mass is 9.86. The van der Waals surface area contributed by atoms with E-state index in [2.05, 4.69) is 0 Å². The van der Waals surface area contributed by atoms with E-state index in [9.17, 15) is 14.4 Å². The first-order chi connectivity index (χ1) is 18.2. The van der Waals surface area contributed by atoms with E-state index < -0.39 is 36.0 Å². The fourth-order valence-corrected chi connectivity index (χ4v) is 3.99. The van der Waals surface area contributed by atoms with Crippen LogP contribution in [0.25, 0.3) is 0 Å². The summed E-state index contributed by atoms with van der Waals surface area (Å²) in [5, 5.41) is 0. The molecular formula is C32H36O6. The van der Waals surface area contributed by atoms with Gasteiger partial charge in [0.05, 0.1) is 17.3 Å². The van der Waals surface area contributed by atoms with E-state index >= 15 is 0 Å². The quantitative estimate of drug-likeness (QED) is 0.219. The number of carbonyl (C=O) groups is 3. The Morgan fingerprint density at radius 2 is 1.03 bits per heavy atom. The summed E-state index contributed by atoms with van der Waals surface area (Å²) in [4.78, 5) is 38.6. The lowest BCUT2D eigenvalue weighted by Gasteiger charge is -2.23. The zero-order valence-electron chi connectivity index (χ0n) is 22.3. The Labute approximate surface area is 224 Å². The molecule has 0 heterocycles. The van der Waals surface area contributed by atoms with Crippen LogP contribution in [0.2, 0.25) is 0 Å². The molecule has 0 radical (unpaired) electrons. The molecule has 6 nitrogen and oxygen atoms in total. The smallest absolute Gasteiger partial charge is 0.314 e. The molecule has 2 atom stereocenters. The van der Waals surface area contributed by atoms with Crippen LogP contribution in [0.5, 0.6) is 0 Å². The minimum absolute atomic E-state index is 0.154.